The van der Waals surface area contributed by atoms with Gasteiger partial charge in [0.05, 0.1) is 7.11 Å². The first kappa shape index (κ1) is 13.9. The molecule has 0 amide bonds. The van der Waals surface area contributed by atoms with Gasteiger partial charge in [0.25, 0.3) is 0 Å². The van der Waals surface area contributed by atoms with Crippen LogP contribution >= 0.6 is 0 Å². The number of ether oxygens (including phenoxy) is 1. The maximum Gasteiger partial charge on any atom is 0.126 e. The Labute approximate surface area is 105 Å². The first-order chi connectivity index (χ1) is 8.01. The first-order valence-corrected chi connectivity index (χ1v) is 6.42. The molecule has 1 aromatic rings. The predicted octanol–water partition coefficient (Wildman–Crippen LogP) is 4.16. The quantitative estimate of drug-likeness (QED) is 0.827. The van der Waals surface area contributed by atoms with E-state index in [1.807, 2.05) is 0 Å². The number of rotatable bonds is 5. The van der Waals surface area contributed by atoms with Crippen molar-refractivity contribution in [1.29, 1.82) is 0 Å². The van der Waals surface area contributed by atoms with E-state index in [-0.39, 0.29) is 0 Å². The summed E-state index contributed by atoms with van der Waals surface area (Å²) >= 11 is 0. The highest BCUT2D eigenvalue weighted by molar-refractivity contribution is 5.60. The molecule has 0 aromatic heterocycles. The second kappa shape index (κ2) is 5.95. The van der Waals surface area contributed by atoms with Crippen molar-refractivity contribution >= 4 is 5.69 Å². The summed E-state index contributed by atoms with van der Waals surface area (Å²) in [6, 6.07) is 4.73. The maximum atomic E-state index is 5.44. The van der Waals surface area contributed by atoms with Crippen molar-refractivity contribution in [3.05, 3.63) is 23.3 Å². The van der Waals surface area contributed by atoms with Gasteiger partial charge in [-0.1, -0.05) is 26.3 Å². The van der Waals surface area contributed by atoms with Gasteiger partial charge in [-0.2, -0.15) is 0 Å². The van der Waals surface area contributed by atoms with Crippen LogP contribution in [0.5, 0.6) is 5.75 Å². The second-order valence-electron chi connectivity index (χ2n) is 4.91. The topological polar surface area (TPSA) is 21.3 Å². The minimum Gasteiger partial charge on any atom is -0.496 e. The van der Waals surface area contributed by atoms with Crippen LogP contribution < -0.4 is 10.1 Å². The molecule has 2 nitrogen and oxygen atoms in total. The zero-order valence-electron chi connectivity index (χ0n) is 11.9. The lowest BCUT2D eigenvalue weighted by atomic mass is 9.99. The van der Waals surface area contributed by atoms with Gasteiger partial charge in [-0.05, 0) is 38.3 Å². The van der Waals surface area contributed by atoms with E-state index in [1.165, 1.54) is 23.2 Å². The molecule has 0 aliphatic heterocycles. The Morgan fingerprint density at radius 3 is 2.41 bits per heavy atom. The fourth-order valence-corrected chi connectivity index (χ4v) is 2.04. The van der Waals surface area contributed by atoms with Crippen LogP contribution in [0, 0.1) is 19.8 Å². The summed E-state index contributed by atoms with van der Waals surface area (Å²) in [6.07, 6.45) is 1.19. The second-order valence-corrected chi connectivity index (χ2v) is 4.91. The Hall–Kier alpha value is -1.18. The summed E-state index contributed by atoms with van der Waals surface area (Å²) in [5, 5.41) is 3.58. The Bertz CT molecular complexity index is 373. The normalized spacial score (nSPS) is 14.2. The highest BCUT2D eigenvalue weighted by Crippen LogP contribution is 2.30. The van der Waals surface area contributed by atoms with Crippen molar-refractivity contribution in [1.82, 2.24) is 0 Å². The van der Waals surface area contributed by atoms with Gasteiger partial charge in [-0.25, -0.2) is 0 Å². The fourth-order valence-electron chi connectivity index (χ4n) is 2.04. The van der Waals surface area contributed by atoms with Crippen LogP contribution in [0.3, 0.4) is 0 Å². The first-order valence-electron chi connectivity index (χ1n) is 6.42. The molecule has 2 heteroatoms. The molecule has 0 saturated carbocycles. The number of aryl methyl sites for hydroxylation is 1. The van der Waals surface area contributed by atoms with Crippen LogP contribution in [0.15, 0.2) is 12.1 Å². The van der Waals surface area contributed by atoms with Crippen LogP contribution in [0.25, 0.3) is 0 Å². The van der Waals surface area contributed by atoms with Crippen LogP contribution in [-0.2, 0) is 0 Å². The minimum absolute atomic E-state index is 0.478. The van der Waals surface area contributed by atoms with Gasteiger partial charge in [0.15, 0.2) is 0 Å². The summed E-state index contributed by atoms with van der Waals surface area (Å²) in [5.74, 6) is 1.66. The molecule has 1 aromatic carbocycles. The zero-order valence-corrected chi connectivity index (χ0v) is 11.9. The molecule has 0 fully saturated rings. The van der Waals surface area contributed by atoms with Crippen molar-refractivity contribution in [3.63, 3.8) is 0 Å². The van der Waals surface area contributed by atoms with E-state index in [4.69, 9.17) is 4.74 Å². The van der Waals surface area contributed by atoms with Gasteiger partial charge in [0.1, 0.15) is 5.75 Å². The number of anilines is 1. The largest absolute Gasteiger partial charge is 0.496 e. The van der Waals surface area contributed by atoms with E-state index in [1.54, 1.807) is 7.11 Å². The molecule has 0 spiro atoms. The molecule has 2 unspecified atom stereocenters. The van der Waals surface area contributed by atoms with Crippen molar-refractivity contribution in [2.24, 2.45) is 5.92 Å². The van der Waals surface area contributed by atoms with Gasteiger partial charge >= 0.3 is 0 Å². The third kappa shape index (κ3) is 3.15. The van der Waals surface area contributed by atoms with Crippen LogP contribution in [0.1, 0.15) is 38.3 Å². The predicted molar refractivity (Wildman–Crippen MR) is 75.0 cm³/mol. The number of hydrogen-bond donors (Lipinski definition) is 1. The number of methoxy groups -OCH3 is 1. The van der Waals surface area contributed by atoms with Crippen molar-refractivity contribution < 1.29 is 4.74 Å². The van der Waals surface area contributed by atoms with Crippen LogP contribution in [0.4, 0.5) is 5.69 Å². The summed E-state index contributed by atoms with van der Waals surface area (Å²) in [5.41, 5.74) is 3.56. The van der Waals surface area contributed by atoms with E-state index >= 15 is 0 Å². The standard InChI is InChI=1S/C15H25NO/c1-7-10(2)13(5)16-14-9-8-11(3)15(17-6)12(14)4/h8-10,13,16H,7H2,1-6H3. The number of nitrogens with one attached hydrogen (secondary N) is 1. The summed E-state index contributed by atoms with van der Waals surface area (Å²) < 4.78 is 5.44. The molecule has 96 valence electrons. The van der Waals surface area contributed by atoms with Crippen molar-refractivity contribution in [2.45, 2.75) is 47.1 Å². The lowest BCUT2D eigenvalue weighted by Gasteiger charge is -2.23. The molecule has 1 N–H and O–H groups in total. The van der Waals surface area contributed by atoms with E-state index < -0.39 is 0 Å². The van der Waals surface area contributed by atoms with Gasteiger partial charge in [-0.15, -0.1) is 0 Å². The highest BCUT2D eigenvalue weighted by Gasteiger charge is 2.13. The van der Waals surface area contributed by atoms with Crippen LogP contribution in [0.2, 0.25) is 0 Å². The van der Waals surface area contributed by atoms with E-state index in [0.29, 0.717) is 12.0 Å². The van der Waals surface area contributed by atoms with Gasteiger partial charge in [-0.3, -0.25) is 0 Å². The van der Waals surface area contributed by atoms with E-state index in [2.05, 4.69) is 52.1 Å². The Morgan fingerprint density at radius 2 is 1.88 bits per heavy atom. The third-order valence-electron chi connectivity index (χ3n) is 3.69. The van der Waals surface area contributed by atoms with Crippen LogP contribution in [-0.4, -0.2) is 13.2 Å². The molecule has 0 radical (unpaired) electrons. The van der Waals surface area contributed by atoms with Gasteiger partial charge < -0.3 is 10.1 Å². The Morgan fingerprint density at radius 1 is 1.24 bits per heavy atom. The molecule has 2 atom stereocenters. The Kier molecular flexibility index (Phi) is 4.86. The maximum absolute atomic E-state index is 5.44. The minimum atomic E-state index is 0.478. The summed E-state index contributed by atoms with van der Waals surface area (Å²) in [4.78, 5) is 0. The summed E-state index contributed by atoms with van der Waals surface area (Å²) in [7, 11) is 1.73. The van der Waals surface area contributed by atoms with Crippen molar-refractivity contribution in [2.75, 3.05) is 12.4 Å². The molecule has 0 bridgehead atoms. The third-order valence-corrected chi connectivity index (χ3v) is 3.69. The molecule has 0 aliphatic rings. The monoisotopic (exact) mass is 235 g/mol. The smallest absolute Gasteiger partial charge is 0.126 e. The zero-order chi connectivity index (χ0) is 13.0. The molecule has 17 heavy (non-hydrogen) atoms. The molecule has 0 aliphatic carbocycles. The van der Waals surface area contributed by atoms with E-state index in [0.717, 1.165) is 5.75 Å². The van der Waals surface area contributed by atoms with E-state index in [9.17, 15) is 0 Å². The average Bonchev–Trinajstić information content (AvgIpc) is 2.32. The van der Waals surface area contributed by atoms with Gasteiger partial charge in [0, 0.05) is 17.3 Å². The highest BCUT2D eigenvalue weighted by atomic mass is 16.5. The van der Waals surface area contributed by atoms with Crippen molar-refractivity contribution in [3.8, 4) is 5.75 Å². The lowest BCUT2D eigenvalue weighted by Crippen LogP contribution is -2.23. The molecule has 1 rings (SSSR count). The number of benzene rings is 1. The average molecular weight is 235 g/mol. The molecular formula is C15H25NO. The Balaban J connectivity index is 2.92. The molecular weight excluding hydrogens is 210 g/mol. The van der Waals surface area contributed by atoms with Gasteiger partial charge in [0.2, 0.25) is 0 Å². The SMILES string of the molecule is CCC(C)C(C)Nc1ccc(C)c(OC)c1C. The number of hydrogen-bond acceptors (Lipinski definition) is 2. The molecule has 0 saturated heterocycles. The lowest BCUT2D eigenvalue weighted by molar-refractivity contribution is 0.408. The molecule has 0 heterocycles. The fraction of sp³-hybridized carbons (Fsp3) is 0.600. The summed E-state index contributed by atoms with van der Waals surface area (Å²) in [6.45, 7) is 10.9.